The first kappa shape index (κ1) is 14.8. The summed E-state index contributed by atoms with van der Waals surface area (Å²) >= 11 is 0. The van der Waals surface area contributed by atoms with Crippen LogP contribution in [-0.2, 0) is 0 Å². The Kier molecular flexibility index (Phi) is 3.80. The summed E-state index contributed by atoms with van der Waals surface area (Å²) in [5.41, 5.74) is 2.43. The Morgan fingerprint density at radius 3 is 2.29 bits per heavy atom. The minimum Gasteiger partial charge on any atom is -0.478 e. The summed E-state index contributed by atoms with van der Waals surface area (Å²) in [5, 5.41) is 19.9. The standard InChI is InChI=1S/C15H16N2O4/c1-9(2)16-10(3)13(15(18)19)8-14(16)11-4-6-12(7-5-11)17(20)21/h4-9H,1-3H3,(H,18,19). The third-order valence-corrected chi connectivity index (χ3v) is 3.41. The molecule has 0 amide bonds. The van der Waals surface area contributed by atoms with Gasteiger partial charge in [0.25, 0.3) is 5.69 Å². The van der Waals surface area contributed by atoms with Crippen molar-refractivity contribution in [1.82, 2.24) is 4.57 Å². The molecule has 0 aliphatic rings. The van der Waals surface area contributed by atoms with Crippen LogP contribution >= 0.6 is 0 Å². The van der Waals surface area contributed by atoms with Gasteiger partial charge in [-0.05, 0) is 44.5 Å². The van der Waals surface area contributed by atoms with Gasteiger partial charge in [0.05, 0.1) is 10.5 Å². The molecule has 0 bridgehead atoms. The number of nitro benzene ring substituents is 1. The van der Waals surface area contributed by atoms with Crippen LogP contribution in [0.1, 0.15) is 35.9 Å². The molecule has 1 heterocycles. The van der Waals surface area contributed by atoms with Crippen LogP contribution in [0.3, 0.4) is 0 Å². The molecule has 0 saturated carbocycles. The second-order valence-corrected chi connectivity index (χ2v) is 5.10. The van der Waals surface area contributed by atoms with Crippen LogP contribution in [0.15, 0.2) is 30.3 Å². The molecular formula is C15H16N2O4. The first-order valence-corrected chi connectivity index (χ1v) is 6.53. The van der Waals surface area contributed by atoms with Gasteiger partial charge in [-0.2, -0.15) is 0 Å². The lowest BCUT2D eigenvalue weighted by molar-refractivity contribution is -0.384. The monoisotopic (exact) mass is 288 g/mol. The summed E-state index contributed by atoms with van der Waals surface area (Å²) < 4.78 is 1.92. The third-order valence-electron chi connectivity index (χ3n) is 3.41. The highest BCUT2D eigenvalue weighted by Gasteiger charge is 2.19. The zero-order valence-corrected chi connectivity index (χ0v) is 12.0. The SMILES string of the molecule is Cc1c(C(=O)O)cc(-c2ccc([N+](=O)[O-])cc2)n1C(C)C. The van der Waals surface area contributed by atoms with Gasteiger partial charge in [0.2, 0.25) is 0 Å². The molecule has 0 fully saturated rings. The zero-order valence-electron chi connectivity index (χ0n) is 12.0. The summed E-state index contributed by atoms with van der Waals surface area (Å²) in [5.74, 6) is -0.977. The fourth-order valence-corrected chi connectivity index (χ4v) is 2.48. The number of rotatable bonds is 4. The molecule has 1 N–H and O–H groups in total. The molecule has 2 rings (SSSR count). The number of hydrogen-bond donors (Lipinski definition) is 1. The van der Waals surface area contributed by atoms with E-state index >= 15 is 0 Å². The Hall–Kier alpha value is -2.63. The quantitative estimate of drug-likeness (QED) is 0.687. The van der Waals surface area contributed by atoms with Gasteiger partial charge >= 0.3 is 5.97 Å². The molecule has 0 spiro atoms. The van der Waals surface area contributed by atoms with E-state index in [0.29, 0.717) is 5.69 Å². The molecule has 0 aliphatic carbocycles. The van der Waals surface area contributed by atoms with Crippen molar-refractivity contribution in [2.45, 2.75) is 26.8 Å². The van der Waals surface area contributed by atoms with Crippen molar-refractivity contribution in [2.75, 3.05) is 0 Å². The second-order valence-electron chi connectivity index (χ2n) is 5.10. The summed E-state index contributed by atoms with van der Waals surface area (Å²) in [6.07, 6.45) is 0. The number of carboxylic acids is 1. The Labute approximate surface area is 121 Å². The molecule has 6 heteroatoms. The van der Waals surface area contributed by atoms with Crippen molar-refractivity contribution in [3.05, 3.63) is 51.7 Å². The zero-order chi connectivity index (χ0) is 15.7. The van der Waals surface area contributed by atoms with E-state index in [1.54, 1.807) is 25.1 Å². The van der Waals surface area contributed by atoms with E-state index in [1.807, 2.05) is 18.4 Å². The molecule has 21 heavy (non-hydrogen) atoms. The van der Waals surface area contributed by atoms with Crippen LogP contribution in [0.25, 0.3) is 11.3 Å². The fraction of sp³-hybridized carbons (Fsp3) is 0.267. The fourth-order valence-electron chi connectivity index (χ4n) is 2.48. The topological polar surface area (TPSA) is 85.4 Å². The van der Waals surface area contributed by atoms with Crippen molar-refractivity contribution in [3.63, 3.8) is 0 Å². The van der Waals surface area contributed by atoms with Gasteiger partial charge in [-0.25, -0.2) is 4.79 Å². The van der Waals surface area contributed by atoms with Crippen LogP contribution in [-0.4, -0.2) is 20.6 Å². The van der Waals surface area contributed by atoms with Crippen LogP contribution in [0.5, 0.6) is 0 Å². The lowest BCUT2D eigenvalue weighted by Gasteiger charge is -2.15. The van der Waals surface area contributed by atoms with Gasteiger partial charge in [0.1, 0.15) is 0 Å². The van der Waals surface area contributed by atoms with E-state index in [-0.39, 0.29) is 17.3 Å². The highest BCUT2D eigenvalue weighted by molar-refractivity contribution is 5.91. The number of hydrogen-bond acceptors (Lipinski definition) is 3. The third kappa shape index (κ3) is 2.65. The van der Waals surface area contributed by atoms with Crippen LogP contribution < -0.4 is 0 Å². The molecule has 0 saturated heterocycles. The number of benzene rings is 1. The molecule has 1 aromatic heterocycles. The van der Waals surface area contributed by atoms with Gasteiger partial charge in [0, 0.05) is 29.6 Å². The van der Waals surface area contributed by atoms with Gasteiger partial charge in [-0.15, -0.1) is 0 Å². The number of carboxylic acid groups (broad SMARTS) is 1. The summed E-state index contributed by atoms with van der Waals surface area (Å²) in [4.78, 5) is 21.5. The van der Waals surface area contributed by atoms with Gasteiger partial charge in [-0.3, -0.25) is 10.1 Å². The molecule has 6 nitrogen and oxygen atoms in total. The van der Waals surface area contributed by atoms with Gasteiger partial charge in [0.15, 0.2) is 0 Å². The summed E-state index contributed by atoms with van der Waals surface area (Å²) in [6, 6.07) is 7.81. The van der Waals surface area contributed by atoms with Crippen molar-refractivity contribution in [2.24, 2.45) is 0 Å². The van der Waals surface area contributed by atoms with Crippen LogP contribution in [0.4, 0.5) is 5.69 Å². The van der Waals surface area contributed by atoms with E-state index in [1.165, 1.54) is 12.1 Å². The first-order valence-electron chi connectivity index (χ1n) is 6.53. The van der Waals surface area contributed by atoms with Gasteiger partial charge in [-0.1, -0.05) is 0 Å². The summed E-state index contributed by atoms with van der Waals surface area (Å²) in [7, 11) is 0. The van der Waals surface area contributed by atoms with Crippen LogP contribution in [0, 0.1) is 17.0 Å². The molecular weight excluding hydrogens is 272 g/mol. The molecule has 0 atom stereocenters. The highest BCUT2D eigenvalue weighted by atomic mass is 16.6. The average molecular weight is 288 g/mol. The predicted molar refractivity (Wildman–Crippen MR) is 78.6 cm³/mol. The van der Waals surface area contributed by atoms with Crippen LogP contribution in [0.2, 0.25) is 0 Å². The van der Waals surface area contributed by atoms with E-state index in [0.717, 1.165) is 11.3 Å². The first-order chi connectivity index (χ1) is 9.82. The van der Waals surface area contributed by atoms with Crippen molar-refractivity contribution >= 4 is 11.7 Å². The maximum absolute atomic E-state index is 11.3. The number of nitro groups is 1. The minimum absolute atomic E-state index is 0.0107. The summed E-state index contributed by atoms with van der Waals surface area (Å²) in [6.45, 7) is 5.69. The number of aromatic nitrogens is 1. The Morgan fingerprint density at radius 2 is 1.86 bits per heavy atom. The highest BCUT2D eigenvalue weighted by Crippen LogP contribution is 2.30. The van der Waals surface area contributed by atoms with E-state index in [2.05, 4.69) is 0 Å². The van der Waals surface area contributed by atoms with E-state index in [4.69, 9.17) is 0 Å². The number of non-ortho nitro benzene ring substituents is 1. The maximum atomic E-state index is 11.3. The van der Waals surface area contributed by atoms with E-state index in [9.17, 15) is 20.0 Å². The molecule has 0 aliphatic heterocycles. The smallest absolute Gasteiger partial charge is 0.337 e. The molecule has 0 radical (unpaired) electrons. The Morgan fingerprint density at radius 1 is 1.29 bits per heavy atom. The molecule has 2 aromatic rings. The van der Waals surface area contributed by atoms with E-state index < -0.39 is 10.9 Å². The number of carbonyl (C=O) groups is 1. The average Bonchev–Trinajstić information content (AvgIpc) is 2.76. The lowest BCUT2D eigenvalue weighted by atomic mass is 10.1. The van der Waals surface area contributed by atoms with Crippen molar-refractivity contribution in [1.29, 1.82) is 0 Å². The second kappa shape index (κ2) is 5.40. The number of aromatic carboxylic acids is 1. The predicted octanol–water partition coefficient (Wildman–Crippen LogP) is 3.65. The number of nitrogens with zero attached hydrogens (tertiary/aromatic N) is 2. The molecule has 0 unspecified atom stereocenters. The minimum atomic E-state index is -0.977. The lowest BCUT2D eigenvalue weighted by Crippen LogP contribution is -2.06. The Bertz CT molecular complexity index is 699. The maximum Gasteiger partial charge on any atom is 0.337 e. The van der Waals surface area contributed by atoms with Gasteiger partial charge < -0.3 is 9.67 Å². The Balaban J connectivity index is 2.59. The normalized spacial score (nSPS) is 10.9. The largest absolute Gasteiger partial charge is 0.478 e. The molecule has 110 valence electrons. The van der Waals surface area contributed by atoms with Crippen molar-refractivity contribution in [3.8, 4) is 11.3 Å². The molecule has 1 aromatic carbocycles. The van der Waals surface area contributed by atoms with Crippen molar-refractivity contribution < 1.29 is 14.8 Å².